The number of hydrogen-bond donors (Lipinski definition) is 1. The molecule has 0 unspecified atom stereocenters. The molecular formula is C19H17N5O. The lowest BCUT2D eigenvalue weighted by Gasteiger charge is -2.09. The molecule has 0 radical (unpaired) electrons. The molecule has 0 aliphatic heterocycles. The van der Waals surface area contributed by atoms with Gasteiger partial charge in [0.15, 0.2) is 0 Å². The van der Waals surface area contributed by atoms with Gasteiger partial charge >= 0.3 is 0 Å². The highest BCUT2D eigenvalue weighted by Crippen LogP contribution is 2.20. The fourth-order valence-corrected chi connectivity index (χ4v) is 2.88. The molecule has 3 aromatic heterocycles. The average Bonchev–Trinajstić information content (AvgIpc) is 2.99. The summed E-state index contributed by atoms with van der Waals surface area (Å²) in [6, 6.07) is 13.3. The average molecular weight is 331 g/mol. The molecule has 3 heterocycles. The first kappa shape index (κ1) is 15.3. The third-order valence-electron chi connectivity index (χ3n) is 4.05. The van der Waals surface area contributed by atoms with E-state index in [1.807, 2.05) is 41.0 Å². The fourth-order valence-electron chi connectivity index (χ4n) is 2.88. The van der Waals surface area contributed by atoms with Gasteiger partial charge in [0, 0.05) is 18.1 Å². The summed E-state index contributed by atoms with van der Waals surface area (Å²) in [5, 5.41) is 3.84. The molecule has 4 aromatic rings. The number of aromatic nitrogens is 4. The Bertz CT molecular complexity index is 1070. The number of anilines is 1. The summed E-state index contributed by atoms with van der Waals surface area (Å²) in [5.74, 6) is 0.263. The van der Waals surface area contributed by atoms with Crippen molar-refractivity contribution in [1.82, 2.24) is 19.5 Å². The molecule has 1 amide bonds. The molecule has 1 aromatic carbocycles. The van der Waals surface area contributed by atoms with Gasteiger partial charge in [-0.05, 0) is 30.7 Å². The number of carbonyl (C=O) groups is 1. The van der Waals surface area contributed by atoms with E-state index in [-0.39, 0.29) is 5.91 Å². The van der Waals surface area contributed by atoms with Crippen molar-refractivity contribution in [3.05, 3.63) is 60.6 Å². The molecule has 0 spiro atoms. The summed E-state index contributed by atoms with van der Waals surface area (Å²) in [5.41, 5.74) is 2.91. The van der Waals surface area contributed by atoms with Crippen molar-refractivity contribution in [3.8, 4) is 0 Å². The predicted molar refractivity (Wildman–Crippen MR) is 97.5 cm³/mol. The van der Waals surface area contributed by atoms with Crippen LogP contribution in [0.4, 0.5) is 5.95 Å². The number of imidazole rings is 1. The molecule has 25 heavy (non-hydrogen) atoms. The maximum Gasteiger partial charge on any atom is 0.276 e. The minimum Gasteiger partial charge on any atom is -0.310 e. The summed E-state index contributed by atoms with van der Waals surface area (Å²) in [6.07, 6.45) is 4.30. The maximum atomic E-state index is 12.6. The second-order valence-corrected chi connectivity index (χ2v) is 5.79. The van der Waals surface area contributed by atoms with Crippen LogP contribution in [0.25, 0.3) is 21.9 Å². The zero-order valence-corrected chi connectivity index (χ0v) is 13.8. The van der Waals surface area contributed by atoms with Crippen LogP contribution in [-0.4, -0.2) is 25.4 Å². The van der Waals surface area contributed by atoms with Gasteiger partial charge in [0.2, 0.25) is 5.95 Å². The van der Waals surface area contributed by atoms with Gasteiger partial charge < -0.3 is 4.57 Å². The zero-order chi connectivity index (χ0) is 17.2. The van der Waals surface area contributed by atoms with Gasteiger partial charge in [0.25, 0.3) is 5.91 Å². The molecule has 1 N–H and O–H groups in total. The highest BCUT2D eigenvalue weighted by molar-refractivity contribution is 6.03. The Morgan fingerprint density at radius 2 is 1.96 bits per heavy atom. The minimum absolute atomic E-state index is 0.279. The van der Waals surface area contributed by atoms with E-state index in [0.717, 1.165) is 29.4 Å². The van der Waals surface area contributed by atoms with Crippen molar-refractivity contribution in [2.24, 2.45) is 0 Å². The molecule has 0 saturated heterocycles. The second-order valence-electron chi connectivity index (χ2n) is 5.79. The molecule has 0 fully saturated rings. The van der Waals surface area contributed by atoms with Gasteiger partial charge in [-0.2, -0.15) is 0 Å². The first-order valence-electron chi connectivity index (χ1n) is 8.23. The Kier molecular flexibility index (Phi) is 3.85. The van der Waals surface area contributed by atoms with Crippen LogP contribution in [-0.2, 0) is 6.54 Å². The molecule has 0 aliphatic carbocycles. The molecule has 124 valence electrons. The standard InChI is InChI=1S/C19H17N5O/c1-2-11-24-17-6-4-3-5-14(17)22-19(24)23-18(25)15-8-7-13-9-10-20-12-16(13)21-15/h3-10,12H,2,11H2,1H3,(H,22,23,25). The predicted octanol–water partition coefficient (Wildman–Crippen LogP) is 3.64. The van der Waals surface area contributed by atoms with Crippen molar-refractivity contribution >= 4 is 33.8 Å². The number of hydrogen-bond acceptors (Lipinski definition) is 4. The largest absolute Gasteiger partial charge is 0.310 e. The summed E-state index contributed by atoms with van der Waals surface area (Å²) in [6.45, 7) is 2.88. The van der Waals surface area contributed by atoms with Crippen molar-refractivity contribution < 1.29 is 4.79 Å². The Balaban J connectivity index is 1.69. The Hall–Kier alpha value is -3.28. The van der Waals surface area contributed by atoms with E-state index in [1.54, 1.807) is 18.5 Å². The summed E-state index contributed by atoms with van der Waals surface area (Å²) in [4.78, 5) is 25.6. The van der Waals surface area contributed by atoms with Crippen LogP contribution in [0.5, 0.6) is 0 Å². The van der Waals surface area contributed by atoms with Gasteiger partial charge in [-0.3, -0.25) is 15.1 Å². The van der Waals surface area contributed by atoms with E-state index in [2.05, 4.69) is 27.2 Å². The fraction of sp³-hybridized carbons (Fsp3) is 0.158. The van der Waals surface area contributed by atoms with E-state index < -0.39 is 0 Å². The molecule has 6 heteroatoms. The van der Waals surface area contributed by atoms with Gasteiger partial charge in [0.05, 0.1) is 22.7 Å². The molecule has 6 nitrogen and oxygen atoms in total. The van der Waals surface area contributed by atoms with Crippen LogP contribution >= 0.6 is 0 Å². The van der Waals surface area contributed by atoms with Gasteiger partial charge in [-0.25, -0.2) is 9.97 Å². The zero-order valence-electron chi connectivity index (χ0n) is 13.8. The lowest BCUT2D eigenvalue weighted by molar-refractivity contribution is 0.102. The number of carbonyl (C=O) groups excluding carboxylic acids is 1. The van der Waals surface area contributed by atoms with Gasteiger partial charge in [-0.15, -0.1) is 0 Å². The third kappa shape index (κ3) is 2.82. The molecule has 0 aliphatic rings. The quantitative estimate of drug-likeness (QED) is 0.619. The van der Waals surface area contributed by atoms with E-state index in [1.165, 1.54) is 0 Å². The van der Waals surface area contributed by atoms with Crippen LogP contribution in [0.1, 0.15) is 23.8 Å². The summed E-state index contributed by atoms with van der Waals surface area (Å²) >= 11 is 0. The van der Waals surface area contributed by atoms with E-state index >= 15 is 0 Å². The minimum atomic E-state index is -0.279. The van der Waals surface area contributed by atoms with Crippen molar-refractivity contribution in [2.45, 2.75) is 19.9 Å². The summed E-state index contributed by atoms with van der Waals surface area (Å²) in [7, 11) is 0. The number of rotatable bonds is 4. The van der Waals surface area contributed by atoms with E-state index in [0.29, 0.717) is 17.2 Å². The van der Waals surface area contributed by atoms with Crippen LogP contribution in [0.3, 0.4) is 0 Å². The van der Waals surface area contributed by atoms with Crippen molar-refractivity contribution in [1.29, 1.82) is 0 Å². The number of nitrogens with one attached hydrogen (secondary N) is 1. The smallest absolute Gasteiger partial charge is 0.276 e. The highest BCUT2D eigenvalue weighted by atomic mass is 16.2. The number of pyridine rings is 2. The van der Waals surface area contributed by atoms with E-state index in [9.17, 15) is 4.79 Å². The van der Waals surface area contributed by atoms with Crippen molar-refractivity contribution in [3.63, 3.8) is 0 Å². The second kappa shape index (κ2) is 6.32. The lowest BCUT2D eigenvalue weighted by atomic mass is 10.2. The number of amides is 1. The molecule has 0 bridgehead atoms. The monoisotopic (exact) mass is 331 g/mol. The number of fused-ring (bicyclic) bond motifs is 2. The van der Waals surface area contributed by atoms with E-state index in [4.69, 9.17) is 0 Å². The SMILES string of the molecule is CCCn1c(NC(=O)c2ccc3ccncc3n2)nc2ccccc21. The first-order chi connectivity index (χ1) is 12.3. The molecule has 0 atom stereocenters. The van der Waals surface area contributed by atoms with Crippen LogP contribution < -0.4 is 5.32 Å². The third-order valence-corrected chi connectivity index (χ3v) is 4.05. The Morgan fingerprint density at radius 3 is 2.84 bits per heavy atom. The number of para-hydroxylation sites is 2. The molecule has 0 saturated carbocycles. The van der Waals surface area contributed by atoms with Gasteiger partial charge in [-0.1, -0.05) is 25.1 Å². The van der Waals surface area contributed by atoms with Crippen LogP contribution in [0.2, 0.25) is 0 Å². The highest BCUT2D eigenvalue weighted by Gasteiger charge is 2.15. The Labute approximate surface area is 144 Å². The van der Waals surface area contributed by atoms with Crippen LogP contribution in [0.15, 0.2) is 54.9 Å². The number of nitrogens with zero attached hydrogens (tertiary/aromatic N) is 4. The molecular weight excluding hydrogens is 314 g/mol. The number of benzene rings is 1. The topological polar surface area (TPSA) is 72.7 Å². The normalized spacial score (nSPS) is 11.1. The van der Waals surface area contributed by atoms with Gasteiger partial charge in [0.1, 0.15) is 5.69 Å². The number of aryl methyl sites for hydroxylation is 1. The van der Waals surface area contributed by atoms with Crippen molar-refractivity contribution in [2.75, 3.05) is 5.32 Å². The summed E-state index contributed by atoms with van der Waals surface area (Å²) < 4.78 is 2.02. The first-order valence-corrected chi connectivity index (χ1v) is 8.23. The maximum absolute atomic E-state index is 12.6. The Morgan fingerprint density at radius 1 is 1.08 bits per heavy atom. The molecule has 4 rings (SSSR count). The lowest BCUT2D eigenvalue weighted by Crippen LogP contribution is -2.17. The van der Waals surface area contributed by atoms with Crippen LogP contribution in [0, 0.1) is 0 Å².